The lowest BCUT2D eigenvalue weighted by Crippen LogP contribution is -2.61. The number of carbonyl (C=O) groups is 1. The Morgan fingerprint density at radius 2 is 1.49 bits per heavy atom. The number of phenolic OH excluding ortho intramolecular Hbond substituents is 1. The van der Waals surface area contributed by atoms with Crippen molar-refractivity contribution in [3.63, 3.8) is 0 Å². The molecule has 0 bridgehead atoms. The highest BCUT2D eigenvalue weighted by Crippen LogP contribution is 2.27. The van der Waals surface area contributed by atoms with Gasteiger partial charge in [-0.2, -0.15) is 0 Å². The van der Waals surface area contributed by atoms with Crippen LogP contribution in [-0.2, 0) is 34.9 Å². The molecule has 2 aliphatic rings. The molecule has 2 aliphatic heterocycles. The zero-order valence-electron chi connectivity index (χ0n) is 22.4. The van der Waals surface area contributed by atoms with Crippen LogP contribution in [0.2, 0.25) is 0 Å². The Kier molecular flexibility index (Phi) is 10.8. The fourth-order valence-electron chi connectivity index (χ4n) is 4.54. The molecule has 12 nitrogen and oxygen atoms in total. The van der Waals surface area contributed by atoms with Gasteiger partial charge >= 0.3 is 5.97 Å². The molecule has 224 valence electrons. The Labute approximate surface area is 236 Å². The summed E-state index contributed by atoms with van der Waals surface area (Å²) in [4.78, 5) is 12.3. The molecule has 2 fully saturated rings. The quantitative estimate of drug-likeness (QED) is 0.163. The van der Waals surface area contributed by atoms with Crippen molar-refractivity contribution in [2.75, 3.05) is 13.2 Å². The normalized spacial score (nSPS) is 34.0. The third-order valence-electron chi connectivity index (χ3n) is 6.94. The molecule has 2 heterocycles. The second-order valence-corrected chi connectivity index (χ2v) is 9.97. The van der Waals surface area contributed by atoms with Crippen LogP contribution in [0, 0.1) is 0 Å². The molecule has 0 spiro atoms. The van der Waals surface area contributed by atoms with Crippen LogP contribution in [0.5, 0.6) is 5.75 Å². The molecule has 41 heavy (non-hydrogen) atoms. The van der Waals surface area contributed by atoms with E-state index in [1.807, 2.05) is 18.2 Å². The lowest BCUT2D eigenvalue weighted by Gasteiger charge is -2.43. The first-order chi connectivity index (χ1) is 19.6. The van der Waals surface area contributed by atoms with Gasteiger partial charge in [-0.25, -0.2) is 4.79 Å². The first-order valence-corrected chi connectivity index (χ1v) is 13.3. The van der Waals surface area contributed by atoms with Crippen molar-refractivity contribution in [3.05, 3.63) is 71.8 Å². The molecule has 0 radical (unpaired) electrons. The van der Waals surface area contributed by atoms with Crippen LogP contribution >= 0.6 is 0 Å². The summed E-state index contributed by atoms with van der Waals surface area (Å²) in [5, 5.41) is 61.7. The maximum absolute atomic E-state index is 12.3. The number of hydrogen-bond acceptors (Lipinski definition) is 12. The number of carbonyl (C=O) groups excluding carboxylic acids is 1. The Morgan fingerprint density at radius 1 is 0.829 bits per heavy atom. The van der Waals surface area contributed by atoms with Gasteiger partial charge in [0.1, 0.15) is 42.4 Å². The first-order valence-electron chi connectivity index (χ1n) is 13.3. The second-order valence-electron chi connectivity index (χ2n) is 9.97. The lowest BCUT2D eigenvalue weighted by molar-refractivity contribution is -0.328. The number of aromatic hydroxyl groups is 1. The van der Waals surface area contributed by atoms with Crippen molar-refractivity contribution in [1.82, 2.24) is 0 Å². The molecule has 2 aromatic carbocycles. The van der Waals surface area contributed by atoms with Gasteiger partial charge in [-0.05, 0) is 42.7 Å². The van der Waals surface area contributed by atoms with E-state index in [2.05, 4.69) is 0 Å². The number of rotatable bonds is 10. The zero-order chi connectivity index (χ0) is 29.5. The standard InChI is InChI=1S/C29H36O12/c1-16-27(41-21(31)12-9-17-5-3-2-4-6-17)24(34)26(36)29(39-16)38-15-20-22(32)23(33)25(35)28(40-20)37-14-13-18-7-10-19(30)11-8-18/h2-12,16,20,22-30,32-36H,13-15H2,1H3/t16-,20+,22+,23-,24-,25+,26+,27-,28+,29+/m0/s1. The Hall–Kier alpha value is -2.91. The third kappa shape index (κ3) is 8.10. The van der Waals surface area contributed by atoms with E-state index in [-0.39, 0.29) is 12.4 Å². The number of phenols is 1. The van der Waals surface area contributed by atoms with Crippen molar-refractivity contribution in [1.29, 1.82) is 0 Å². The summed E-state index contributed by atoms with van der Waals surface area (Å²) in [7, 11) is 0. The Balaban J connectivity index is 1.28. The number of benzene rings is 2. The molecule has 0 unspecified atom stereocenters. The first kappa shape index (κ1) is 31.0. The molecule has 10 atom stereocenters. The van der Waals surface area contributed by atoms with Crippen molar-refractivity contribution < 1.29 is 59.1 Å². The lowest BCUT2D eigenvalue weighted by atomic mass is 9.98. The van der Waals surface area contributed by atoms with Crippen molar-refractivity contribution in [2.45, 2.75) is 74.8 Å². The van der Waals surface area contributed by atoms with Gasteiger partial charge in [0.2, 0.25) is 0 Å². The van der Waals surface area contributed by atoms with Gasteiger partial charge in [0.25, 0.3) is 0 Å². The monoisotopic (exact) mass is 576 g/mol. The smallest absolute Gasteiger partial charge is 0.331 e. The van der Waals surface area contributed by atoms with E-state index >= 15 is 0 Å². The number of aliphatic hydroxyl groups excluding tert-OH is 5. The Morgan fingerprint density at radius 3 is 2.20 bits per heavy atom. The molecule has 2 aromatic rings. The minimum Gasteiger partial charge on any atom is -0.508 e. The predicted molar refractivity (Wildman–Crippen MR) is 142 cm³/mol. The Bertz CT molecular complexity index is 1130. The summed E-state index contributed by atoms with van der Waals surface area (Å²) in [5.41, 5.74) is 1.64. The molecule has 0 amide bonds. The van der Waals surface area contributed by atoms with Gasteiger partial charge in [0.15, 0.2) is 18.7 Å². The van der Waals surface area contributed by atoms with Gasteiger partial charge in [0.05, 0.1) is 19.3 Å². The number of hydrogen-bond donors (Lipinski definition) is 6. The van der Waals surface area contributed by atoms with Gasteiger partial charge in [-0.3, -0.25) is 0 Å². The maximum atomic E-state index is 12.3. The average molecular weight is 577 g/mol. The van der Waals surface area contributed by atoms with Crippen LogP contribution in [0.3, 0.4) is 0 Å². The van der Waals surface area contributed by atoms with E-state index in [0.717, 1.165) is 11.1 Å². The van der Waals surface area contributed by atoms with Gasteiger partial charge in [-0.15, -0.1) is 0 Å². The van der Waals surface area contributed by atoms with E-state index in [9.17, 15) is 35.4 Å². The molecule has 0 aliphatic carbocycles. The van der Waals surface area contributed by atoms with Gasteiger partial charge in [-0.1, -0.05) is 42.5 Å². The largest absolute Gasteiger partial charge is 0.508 e. The SMILES string of the molecule is C[C@@H]1O[C@@H](OC[C@H]2O[C@@H](OCCc3ccc(O)cc3)[C@H](O)[C@@H](O)[C@@H]2O)[C@H](O)[C@H](O)[C@H]1OC(=O)C=Cc1ccccc1. The van der Waals surface area contributed by atoms with E-state index in [4.69, 9.17) is 23.7 Å². The molecular formula is C29H36O12. The highest BCUT2D eigenvalue weighted by Gasteiger charge is 2.48. The highest BCUT2D eigenvalue weighted by molar-refractivity contribution is 5.87. The third-order valence-corrected chi connectivity index (χ3v) is 6.94. The van der Waals surface area contributed by atoms with Crippen LogP contribution in [-0.4, -0.2) is 111 Å². The van der Waals surface area contributed by atoms with Crippen LogP contribution in [0.1, 0.15) is 18.1 Å². The average Bonchev–Trinajstić information content (AvgIpc) is 2.97. The molecule has 0 aromatic heterocycles. The summed E-state index contributed by atoms with van der Waals surface area (Å²) in [6, 6.07) is 15.6. The van der Waals surface area contributed by atoms with Crippen LogP contribution in [0.15, 0.2) is 60.7 Å². The number of ether oxygens (including phenoxy) is 5. The zero-order valence-corrected chi connectivity index (χ0v) is 22.4. The van der Waals surface area contributed by atoms with Crippen LogP contribution in [0.4, 0.5) is 0 Å². The topological polar surface area (TPSA) is 185 Å². The van der Waals surface area contributed by atoms with Crippen LogP contribution < -0.4 is 0 Å². The molecule has 2 saturated heterocycles. The van der Waals surface area contributed by atoms with Crippen LogP contribution in [0.25, 0.3) is 6.08 Å². The summed E-state index contributed by atoms with van der Waals surface area (Å²) in [6.45, 7) is 1.25. The van der Waals surface area contributed by atoms with Gasteiger partial charge in [0, 0.05) is 6.08 Å². The van der Waals surface area contributed by atoms with Crippen molar-refractivity contribution in [3.8, 4) is 5.75 Å². The van der Waals surface area contributed by atoms with Gasteiger partial charge < -0.3 is 54.3 Å². The molecule has 12 heteroatoms. The van der Waals surface area contributed by atoms with E-state index in [0.29, 0.717) is 6.42 Å². The summed E-state index contributed by atoms with van der Waals surface area (Å²) in [5.74, 6) is -0.607. The predicted octanol–water partition coefficient (Wildman–Crippen LogP) is -0.133. The van der Waals surface area contributed by atoms with Crippen molar-refractivity contribution in [2.24, 2.45) is 0 Å². The number of esters is 1. The minimum atomic E-state index is -1.62. The summed E-state index contributed by atoms with van der Waals surface area (Å²) < 4.78 is 27.7. The molecule has 6 N–H and O–H groups in total. The maximum Gasteiger partial charge on any atom is 0.331 e. The van der Waals surface area contributed by atoms with Crippen molar-refractivity contribution >= 4 is 12.0 Å². The fourth-order valence-corrected chi connectivity index (χ4v) is 4.54. The van der Waals surface area contributed by atoms with E-state index in [1.54, 1.807) is 30.3 Å². The second kappa shape index (κ2) is 14.3. The fraction of sp³-hybridized carbons (Fsp3) is 0.483. The van der Waals surface area contributed by atoms with E-state index in [1.165, 1.54) is 25.1 Å². The molecule has 4 rings (SSSR count). The highest BCUT2D eigenvalue weighted by atomic mass is 16.7. The summed E-state index contributed by atoms with van der Waals surface area (Å²) in [6.07, 6.45) is -10.5. The number of aliphatic hydroxyl groups is 5. The summed E-state index contributed by atoms with van der Waals surface area (Å²) >= 11 is 0. The molecular weight excluding hydrogens is 540 g/mol. The van der Waals surface area contributed by atoms with E-state index < -0.39 is 74.0 Å². The molecule has 0 saturated carbocycles. The minimum absolute atomic E-state index is 0.109.